The average molecular weight is 686 g/mol. The van der Waals surface area contributed by atoms with Gasteiger partial charge in [-0.1, -0.05) is 200 Å². The highest BCUT2D eigenvalue weighted by Crippen LogP contribution is 2.44. The van der Waals surface area contributed by atoms with E-state index in [1.54, 1.807) is 0 Å². The van der Waals surface area contributed by atoms with Crippen molar-refractivity contribution >= 4 is 32.7 Å². The van der Waals surface area contributed by atoms with E-state index in [4.69, 9.17) is 0 Å². The standard InChI is InChI=1S/C53H35N/c54-36-37-24-26-44(27-25-37)52-46-20-10-12-22-48(46)53(49-23-13-11-21-47(49)52)45-34-30-39(31-35-45)38-28-32-43(33-29-38)51(42-18-8-3-9-19-42)50(40-14-4-1-5-15-40)41-16-6-2-7-17-41/h1-35H. The number of hydrogen-bond donors (Lipinski definition) is 0. The summed E-state index contributed by atoms with van der Waals surface area (Å²) in [4.78, 5) is 0. The maximum absolute atomic E-state index is 9.42. The lowest BCUT2D eigenvalue weighted by molar-refractivity contribution is 1.49. The molecule has 0 radical (unpaired) electrons. The minimum absolute atomic E-state index is 0.663. The molecule has 0 unspecified atom stereocenters. The van der Waals surface area contributed by atoms with Gasteiger partial charge in [0.05, 0.1) is 11.6 Å². The number of nitrogens with zero attached hydrogens (tertiary/aromatic N) is 1. The van der Waals surface area contributed by atoms with Crippen LogP contribution < -0.4 is 0 Å². The van der Waals surface area contributed by atoms with Crippen LogP contribution >= 0.6 is 0 Å². The molecule has 0 aliphatic carbocycles. The first-order valence-electron chi connectivity index (χ1n) is 18.3. The monoisotopic (exact) mass is 685 g/mol. The summed E-state index contributed by atoms with van der Waals surface area (Å²) in [7, 11) is 0. The average Bonchev–Trinajstić information content (AvgIpc) is 3.26. The number of rotatable bonds is 7. The van der Waals surface area contributed by atoms with E-state index in [9.17, 15) is 5.26 Å². The highest BCUT2D eigenvalue weighted by Gasteiger charge is 2.18. The summed E-state index contributed by atoms with van der Waals surface area (Å²) in [5, 5.41) is 14.2. The molecule has 0 aliphatic rings. The van der Waals surface area contributed by atoms with Crippen molar-refractivity contribution in [1.82, 2.24) is 0 Å². The molecule has 252 valence electrons. The van der Waals surface area contributed by atoms with Crippen molar-refractivity contribution in [3.8, 4) is 39.4 Å². The number of benzene rings is 9. The molecule has 0 atom stereocenters. The molecule has 0 heterocycles. The van der Waals surface area contributed by atoms with Gasteiger partial charge in [0.2, 0.25) is 0 Å². The maximum Gasteiger partial charge on any atom is 0.0991 e. The van der Waals surface area contributed by atoms with Crippen LogP contribution in [0.15, 0.2) is 212 Å². The summed E-state index contributed by atoms with van der Waals surface area (Å²) in [6.07, 6.45) is 0. The molecule has 0 aliphatic heterocycles. The second-order valence-corrected chi connectivity index (χ2v) is 13.5. The van der Waals surface area contributed by atoms with Crippen LogP contribution in [0.5, 0.6) is 0 Å². The van der Waals surface area contributed by atoms with Crippen molar-refractivity contribution in [2.75, 3.05) is 0 Å². The third kappa shape index (κ3) is 6.07. The molecule has 0 spiro atoms. The summed E-state index contributed by atoms with van der Waals surface area (Å²) in [5.74, 6) is 0. The topological polar surface area (TPSA) is 23.8 Å². The van der Waals surface area contributed by atoms with Crippen LogP contribution in [0.25, 0.3) is 66.1 Å². The first-order chi connectivity index (χ1) is 26.8. The van der Waals surface area contributed by atoms with Gasteiger partial charge in [0.15, 0.2) is 0 Å². The molecule has 0 N–H and O–H groups in total. The van der Waals surface area contributed by atoms with E-state index in [1.807, 2.05) is 12.1 Å². The van der Waals surface area contributed by atoms with Crippen molar-refractivity contribution in [2.24, 2.45) is 0 Å². The summed E-state index contributed by atoms with van der Waals surface area (Å²) < 4.78 is 0. The smallest absolute Gasteiger partial charge is 0.0991 e. The van der Waals surface area contributed by atoms with Crippen LogP contribution in [0.1, 0.15) is 27.8 Å². The van der Waals surface area contributed by atoms with Gasteiger partial charge in [-0.05, 0) is 100 Å². The summed E-state index contributed by atoms with van der Waals surface area (Å²) in [6.45, 7) is 0. The van der Waals surface area contributed by atoms with E-state index < -0.39 is 0 Å². The lowest BCUT2D eigenvalue weighted by Gasteiger charge is -2.19. The van der Waals surface area contributed by atoms with Gasteiger partial charge in [-0.15, -0.1) is 0 Å². The van der Waals surface area contributed by atoms with E-state index in [-0.39, 0.29) is 0 Å². The van der Waals surface area contributed by atoms with E-state index >= 15 is 0 Å². The Morgan fingerprint density at radius 3 is 0.907 bits per heavy atom. The van der Waals surface area contributed by atoms with Crippen LogP contribution in [0.2, 0.25) is 0 Å². The lowest BCUT2D eigenvalue weighted by atomic mass is 9.85. The molecule has 0 saturated heterocycles. The predicted octanol–water partition coefficient (Wildman–Crippen LogP) is 13.9. The van der Waals surface area contributed by atoms with Gasteiger partial charge in [-0.25, -0.2) is 0 Å². The molecule has 0 saturated carbocycles. The van der Waals surface area contributed by atoms with Crippen LogP contribution in [-0.2, 0) is 0 Å². The Morgan fingerprint density at radius 2 is 0.556 bits per heavy atom. The molecule has 0 aromatic heterocycles. The van der Waals surface area contributed by atoms with E-state index in [0.717, 1.165) is 5.56 Å². The van der Waals surface area contributed by atoms with Gasteiger partial charge in [0.25, 0.3) is 0 Å². The Kier molecular flexibility index (Phi) is 8.70. The largest absolute Gasteiger partial charge is 0.192 e. The molecule has 54 heavy (non-hydrogen) atoms. The highest BCUT2D eigenvalue weighted by atomic mass is 14.2. The van der Waals surface area contributed by atoms with Crippen LogP contribution in [-0.4, -0.2) is 0 Å². The number of hydrogen-bond acceptors (Lipinski definition) is 1. The fourth-order valence-electron chi connectivity index (χ4n) is 7.85. The van der Waals surface area contributed by atoms with Crippen molar-refractivity contribution in [1.29, 1.82) is 5.26 Å². The van der Waals surface area contributed by atoms with Gasteiger partial charge in [-0.3, -0.25) is 0 Å². The SMILES string of the molecule is N#Cc1ccc(-c2c3ccccc3c(-c3ccc(-c4ccc(C(=C(c5ccccc5)c5ccccc5)c5ccccc5)cc4)cc3)c3ccccc23)cc1. The van der Waals surface area contributed by atoms with Crippen molar-refractivity contribution < 1.29 is 0 Å². The molecule has 9 aromatic rings. The van der Waals surface area contributed by atoms with Crippen molar-refractivity contribution in [2.45, 2.75) is 0 Å². The number of fused-ring (bicyclic) bond motifs is 2. The first-order valence-corrected chi connectivity index (χ1v) is 18.3. The zero-order chi connectivity index (χ0) is 36.3. The molecular weight excluding hydrogens is 651 g/mol. The second kappa shape index (κ2) is 14.4. The van der Waals surface area contributed by atoms with Gasteiger partial charge < -0.3 is 0 Å². The lowest BCUT2D eigenvalue weighted by Crippen LogP contribution is -1.97. The molecule has 9 aromatic carbocycles. The fraction of sp³-hybridized carbons (Fsp3) is 0. The minimum Gasteiger partial charge on any atom is -0.192 e. The number of nitriles is 1. The first kappa shape index (κ1) is 32.6. The van der Waals surface area contributed by atoms with Crippen molar-refractivity contribution in [3.63, 3.8) is 0 Å². The van der Waals surface area contributed by atoms with E-state index in [2.05, 4.69) is 206 Å². The molecule has 0 fully saturated rings. The zero-order valence-electron chi connectivity index (χ0n) is 29.7. The van der Waals surface area contributed by atoms with Crippen LogP contribution in [0, 0.1) is 11.3 Å². The zero-order valence-corrected chi connectivity index (χ0v) is 29.7. The van der Waals surface area contributed by atoms with Gasteiger partial charge in [0, 0.05) is 0 Å². The van der Waals surface area contributed by atoms with Gasteiger partial charge in [0.1, 0.15) is 0 Å². The normalized spacial score (nSPS) is 10.9. The summed E-state index contributed by atoms with van der Waals surface area (Å²) in [5.41, 5.74) is 14.9. The molecule has 1 heteroatoms. The third-order valence-electron chi connectivity index (χ3n) is 10.4. The minimum atomic E-state index is 0.663. The molecule has 9 rings (SSSR count). The maximum atomic E-state index is 9.42. The molecule has 0 amide bonds. The van der Waals surface area contributed by atoms with Gasteiger partial charge >= 0.3 is 0 Å². The van der Waals surface area contributed by atoms with E-state index in [1.165, 1.54) is 82.8 Å². The third-order valence-corrected chi connectivity index (χ3v) is 10.4. The fourth-order valence-corrected chi connectivity index (χ4v) is 7.85. The Bertz CT molecular complexity index is 2710. The predicted molar refractivity (Wildman–Crippen MR) is 227 cm³/mol. The Morgan fingerprint density at radius 1 is 0.278 bits per heavy atom. The van der Waals surface area contributed by atoms with Gasteiger partial charge in [-0.2, -0.15) is 5.26 Å². The Balaban J connectivity index is 1.14. The molecular formula is C53H35N. The highest BCUT2D eigenvalue weighted by molar-refractivity contribution is 6.21. The molecule has 0 bridgehead atoms. The second-order valence-electron chi connectivity index (χ2n) is 13.5. The van der Waals surface area contributed by atoms with Crippen LogP contribution in [0.3, 0.4) is 0 Å². The Hall–Kier alpha value is -7.27. The van der Waals surface area contributed by atoms with Crippen molar-refractivity contribution in [3.05, 3.63) is 240 Å². The quantitative estimate of drug-likeness (QED) is 0.121. The summed E-state index contributed by atoms with van der Waals surface area (Å²) in [6, 6.07) is 77.7. The Labute approximate surface area is 316 Å². The van der Waals surface area contributed by atoms with E-state index in [0.29, 0.717) is 5.56 Å². The van der Waals surface area contributed by atoms with Crippen LogP contribution in [0.4, 0.5) is 0 Å². The summed E-state index contributed by atoms with van der Waals surface area (Å²) >= 11 is 0. The molecule has 1 nitrogen and oxygen atoms in total.